The quantitative estimate of drug-likeness (QED) is 0.0790. The summed E-state index contributed by atoms with van der Waals surface area (Å²) in [5.41, 5.74) is 12.4. The summed E-state index contributed by atoms with van der Waals surface area (Å²) < 4.78 is 36.6. The van der Waals surface area contributed by atoms with Gasteiger partial charge in [-0.3, -0.25) is 13.7 Å². The number of aliphatic hydroxyl groups is 4. The number of rotatable bonds is 8. The molecule has 3 unspecified atom stereocenters. The van der Waals surface area contributed by atoms with Gasteiger partial charge in [0.25, 0.3) is 7.82 Å². The normalized spacial score (nSPS) is 31.0. The number of aromatic nitrogens is 8. The molecule has 220 valence electrons. The first-order valence-corrected chi connectivity index (χ1v) is 13.5. The molecule has 0 saturated carbocycles. The van der Waals surface area contributed by atoms with E-state index in [-0.39, 0.29) is 63.5 Å². The van der Waals surface area contributed by atoms with Crippen LogP contribution < -0.4 is 45.9 Å². The number of hydrogen-bond acceptors (Lipinski definition) is 18. The average molecular weight is 618 g/mol. The van der Waals surface area contributed by atoms with Gasteiger partial charge >= 0.3 is 29.6 Å². The molecule has 2 aliphatic heterocycles. The molecule has 6 heterocycles. The maximum absolute atomic E-state index is 12.7. The Morgan fingerprint density at radius 3 is 1.93 bits per heavy atom. The van der Waals surface area contributed by atoms with Gasteiger partial charge in [0.1, 0.15) is 60.3 Å². The van der Waals surface area contributed by atoms with Gasteiger partial charge in [0.2, 0.25) is 0 Å². The summed E-state index contributed by atoms with van der Waals surface area (Å²) in [5, 5.41) is 41.7. The first-order chi connectivity index (χ1) is 19.6. The number of phosphoric acid groups is 1. The predicted octanol–water partition coefficient (Wildman–Crippen LogP) is -6.43. The molecule has 0 amide bonds. The zero-order valence-electron chi connectivity index (χ0n) is 21.8. The molecule has 0 aliphatic carbocycles. The van der Waals surface area contributed by atoms with Gasteiger partial charge in [0.05, 0.1) is 25.9 Å². The van der Waals surface area contributed by atoms with Crippen LogP contribution in [-0.4, -0.2) is 109 Å². The standard InChI is InChI=1S/C20H25N10O10P.Na/c21-15-9-17(25-3-23-15)29(5-27-9)19-12(33)11(32)8(39-19)2-37-41(35,36)40-14-7(1-31)38-20(13(14)34)30-6-28-10-16(22)24-4-26-18(10)30;/h3-8,11-14,19-20,31-34H,1-2H2,(H,35,36)(H2,21,23,25)(H2,22,24,26);/q;+1/p-1/t7-,8-,11+,12-,13+,14-,19?,20?;/m1./s1. The third kappa shape index (κ3) is 5.39. The molecule has 0 spiro atoms. The second kappa shape index (κ2) is 11.9. The second-order valence-electron chi connectivity index (χ2n) is 9.26. The van der Waals surface area contributed by atoms with Crippen molar-refractivity contribution in [2.24, 2.45) is 0 Å². The van der Waals surface area contributed by atoms with Crippen molar-refractivity contribution in [1.29, 1.82) is 0 Å². The van der Waals surface area contributed by atoms with Crippen molar-refractivity contribution in [2.75, 3.05) is 24.7 Å². The van der Waals surface area contributed by atoms with Crippen molar-refractivity contribution in [1.82, 2.24) is 39.0 Å². The van der Waals surface area contributed by atoms with E-state index in [9.17, 15) is 29.9 Å². The summed E-state index contributed by atoms with van der Waals surface area (Å²) in [4.78, 5) is 36.7. The minimum absolute atomic E-state index is 0. The van der Waals surface area contributed by atoms with Gasteiger partial charge < -0.3 is 55.3 Å². The van der Waals surface area contributed by atoms with Crippen LogP contribution in [-0.2, 0) is 23.1 Å². The summed E-state index contributed by atoms with van der Waals surface area (Å²) in [6.45, 7) is -1.48. The van der Waals surface area contributed by atoms with Crippen molar-refractivity contribution in [3.05, 3.63) is 25.3 Å². The maximum atomic E-state index is 12.7. The Hall–Kier alpha value is -2.43. The minimum Gasteiger partial charge on any atom is -0.756 e. The number of imidazole rings is 2. The molecule has 22 heteroatoms. The monoisotopic (exact) mass is 618 g/mol. The molecule has 2 aliphatic rings. The van der Waals surface area contributed by atoms with Crippen LogP contribution in [0.4, 0.5) is 11.6 Å². The number of nitrogens with two attached hydrogens (primary N) is 2. The van der Waals surface area contributed by atoms with Gasteiger partial charge in [-0.05, 0) is 0 Å². The predicted molar refractivity (Wildman–Crippen MR) is 131 cm³/mol. The largest absolute Gasteiger partial charge is 1.00 e. The maximum Gasteiger partial charge on any atom is 1.00 e. The van der Waals surface area contributed by atoms with Crippen molar-refractivity contribution >= 4 is 41.8 Å². The molecule has 0 bridgehead atoms. The molecule has 4 aromatic rings. The van der Waals surface area contributed by atoms with Crippen molar-refractivity contribution in [3.63, 3.8) is 0 Å². The van der Waals surface area contributed by atoms with E-state index >= 15 is 0 Å². The molecule has 0 aromatic carbocycles. The Balaban J connectivity index is 0.00000353. The molecule has 6 rings (SSSR count). The van der Waals surface area contributed by atoms with Gasteiger partial charge in [-0.25, -0.2) is 29.9 Å². The zero-order chi connectivity index (χ0) is 29.1. The summed E-state index contributed by atoms with van der Waals surface area (Å²) >= 11 is 0. The molecule has 0 radical (unpaired) electrons. The SMILES string of the molecule is Nc1ncnc2c1ncn2C1O[C@H](CO)[C@@H](OP(=O)([O-])OC[C@H]2OC(n3cnc4c(N)ncnc43)[C@H](O)[C@H]2O)[C@@H]1O.[Na+]. The molecule has 2 saturated heterocycles. The van der Waals surface area contributed by atoms with Crippen LogP contribution in [0.5, 0.6) is 0 Å². The fourth-order valence-electron chi connectivity index (χ4n) is 4.78. The molecule has 8 N–H and O–H groups in total. The number of fused-ring (bicyclic) bond motifs is 2. The Kier molecular flexibility index (Phi) is 8.80. The average Bonchev–Trinajstić information content (AvgIpc) is 3.70. The van der Waals surface area contributed by atoms with Gasteiger partial charge in [-0.15, -0.1) is 0 Å². The van der Waals surface area contributed by atoms with Crippen LogP contribution >= 0.6 is 7.82 Å². The first kappa shape index (κ1) is 31.0. The third-order valence-electron chi connectivity index (χ3n) is 6.80. The number of aliphatic hydroxyl groups excluding tert-OH is 4. The van der Waals surface area contributed by atoms with Gasteiger partial charge in [0.15, 0.2) is 35.4 Å². The van der Waals surface area contributed by atoms with E-state index in [0.717, 1.165) is 0 Å². The van der Waals surface area contributed by atoms with E-state index in [4.69, 9.17) is 30.0 Å². The zero-order valence-corrected chi connectivity index (χ0v) is 24.7. The Bertz CT molecular complexity index is 1630. The minimum atomic E-state index is -5.21. The number of anilines is 2. The fraction of sp³-hybridized carbons (Fsp3) is 0.500. The smallest absolute Gasteiger partial charge is 0.756 e. The molecule has 20 nitrogen and oxygen atoms in total. The van der Waals surface area contributed by atoms with Crippen molar-refractivity contribution in [2.45, 2.75) is 49.1 Å². The Morgan fingerprint density at radius 1 is 0.857 bits per heavy atom. The number of phosphoric ester groups is 1. The van der Waals surface area contributed by atoms with Gasteiger partial charge in [-0.1, -0.05) is 0 Å². The Morgan fingerprint density at radius 2 is 1.38 bits per heavy atom. The molecule has 2 fully saturated rings. The van der Waals surface area contributed by atoms with E-state index in [0.29, 0.717) is 0 Å². The summed E-state index contributed by atoms with van der Waals surface area (Å²) in [6.07, 6.45) is -6.51. The van der Waals surface area contributed by atoms with Crippen molar-refractivity contribution in [3.8, 4) is 0 Å². The Labute approximate surface area is 257 Å². The van der Waals surface area contributed by atoms with Crippen LogP contribution in [0.3, 0.4) is 0 Å². The van der Waals surface area contributed by atoms with E-state index in [1.165, 1.54) is 34.4 Å². The summed E-state index contributed by atoms with van der Waals surface area (Å²) in [7, 11) is -5.21. The molecular weight excluding hydrogens is 594 g/mol. The van der Waals surface area contributed by atoms with Crippen LogP contribution in [0.15, 0.2) is 25.3 Å². The third-order valence-corrected chi connectivity index (χ3v) is 7.76. The molecular formula is C20H24N10NaO10P. The van der Waals surface area contributed by atoms with Crippen LogP contribution in [0.1, 0.15) is 12.5 Å². The number of nitrogens with zero attached hydrogens (tertiary/aromatic N) is 8. The van der Waals surface area contributed by atoms with E-state index < -0.39 is 70.1 Å². The molecule has 42 heavy (non-hydrogen) atoms. The van der Waals surface area contributed by atoms with Crippen LogP contribution in [0.2, 0.25) is 0 Å². The number of hydrogen-bond donors (Lipinski definition) is 6. The molecule has 9 atom stereocenters. The molecule has 4 aromatic heterocycles. The van der Waals surface area contributed by atoms with Gasteiger partial charge in [0, 0.05) is 0 Å². The number of ether oxygens (including phenoxy) is 2. The van der Waals surface area contributed by atoms with Crippen molar-refractivity contribution < 1.29 is 78.0 Å². The second-order valence-corrected chi connectivity index (χ2v) is 10.6. The summed E-state index contributed by atoms with van der Waals surface area (Å²) in [6, 6.07) is 0. The van der Waals surface area contributed by atoms with Crippen LogP contribution in [0, 0.1) is 0 Å². The van der Waals surface area contributed by atoms with E-state index in [2.05, 4.69) is 29.9 Å². The van der Waals surface area contributed by atoms with E-state index in [1.807, 2.05) is 0 Å². The first-order valence-electron chi connectivity index (χ1n) is 12.1. The van der Waals surface area contributed by atoms with Gasteiger partial charge in [-0.2, -0.15) is 0 Å². The summed E-state index contributed by atoms with van der Waals surface area (Å²) in [5.74, 6) is 0.166. The van der Waals surface area contributed by atoms with Crippen LogP contribution in [0.25, 0.3) is 22.3 Å². The topological polar surface area (TPSA) is 297 Å². The van der Waals surface area contributed by atoms with E-state index in [1.54, 1.807) is 0 Å². The number of nitrogen functional groups attached to an aromatic ring is 2. The fourth-order valence-corrected chi connectivity index (χ4v) is 5.73.